The largest absolute Gasteiger partial charge is 0.497 e. The number of ether oxygens (including phenoxy) is 2. The molecule has 0 fully saturated rings. The van der Waals surface area contributed by atoms with Crippen molar-refractivity contribution >= 4 is 6.20 Å². The first-order valence-corrected chi connectivity index (χ1v) is 6.34. The summed E-state index contributed by atoms with van der Waals surface area (Å²) in [6, 6.07) is 5.81. The lowest BCUT2D eigenvalue weighted by Gasteiger charge is -2.10. The van der Waals surface area contributed by atoms with E-state index in [4.69, 9.17) is 9.47 Å². The normalized spacial score (nSPS) is 10.3. The molecule has 0 bridgehead atoms. The molecule has 1 aromatic heterocycles. The van der Waals surface area contributed by atoms with Crippen LogP contribution in [0.15, 0.2) is 37.2 Å². The molecular weight excluding hydrogens is 254 g/mol. The Morgan fingerprint density at radius 2 is 2.15 bits per heavy atom. The number of nitrogens with one attached hydrogen (secondary N) is 1. The molecule has 106 valence electrons. The second kappa shape index (κ2) is 6.77. The van der Waals surface area contributed by atoms with E-state index >= 15 is 0 Å². The number of aromatic nitrogens is 2. The Labute approximate surface area is 118 Å². The summed E-state index contributed by atoms with van der Waals surface area (Å²) in [5.41, 5.74) is 2.20. The zero-order valence-corrected chi connectivity index (χ0v) is 11.8. The summed E-state index contributed by atoms with van der Waals surface area (Å²) in [5.74, 6) is 1.61. The lowest BCUT2D eigenvalue weighted by atomic mass is 10.2. The number of rotatable bonds is 7. The summed E-state index contributed by atoms with van der Waals surface area (Å²) >= 11 is 0. The Kier molecular flexibility index (Phi) is 4.79. The van der Waals surface area contributed by atoms with Gasteiger partial charge in [0.15, 0.2) is 0 Å². The van der Waals surface area contributed by atoms with E-state index < -0.39 is 0 Å². The van der Waals surface area contributed by atoms with Crippen LogP contribution in [-0.2, 0) is 13.1 Å². The molecule has 0 radical (unpaired) electrons. The van der Waals surface area contributed by atoms with Crippen molar-refractivity contribution in [3.05, 3.63) is 48.3 Å². The average Bonchev–Trinajstić information content (AvgIpc) is 2.95. The first-order chi connectivity index (χ1) is 9.76. The minimum Gasteiger partial charge on any atom is -0.497 e. The molecule has 0 aliphatic heterocycles. The van der Waals surface area contributed by atoms with Gasteiger partial charge >= 0.3 is 0 Å². The van der Waals surface area contributed by atoms with Gasteiger partial charge in [0, 0.05) is 42.7 Å². The predicted octanol–water partition coefficient (Wildman–Crippen LogP) is 2.29. The first kappa shape index (κ1) is 14.1. The van der Waals surface area contributed by atoms with Crippen molar-refractivity contribution in [2.24, 2.45) is 0 Å². The van der Waals surface area contributed by atoms with Gasteiger partial charge in [-0.05, 0) is 6.07 Å². The third-order valence-electron chi connectivity index (χ3n) is 2.98. The van der Waals surface area contributed by atoms with Gasteiger partial charge in [0.1, 0.15) is 11.5 Å². The standard InChI is InChI=1S/C15H19N3O2/c1-4-18-11-12(9-17-18)8-16-10-13-5-6-14(19-2)7-15(13)20-3/h4-7,9,11,16H,1,8,10H2,2-3H3. The van der Waals surface area contributed by atoms with Gasteiger partial charge in [0.25, 0.3) is 0 Å². The van der Waals surface area contributed by atoms with E-state index in [1.165, 1.54) is 0 Å². The van der Waals surface area contributed by atoms with E-state index in [9.17, 15) is 0 Å². The maximum atomic E-state index is 5.36. The summed E-state index contributed by atoms with van der Waals surface area (Å²) in [6.07, 6.45) is 5.42. The second-order valence-corrected chi connectivity index (χ2v) is 4.29. The van der Waals surface area contributed by atoms with Crippen LogP contribution in [0.1, 0.15) is 11.1 Å². The van der Waals surface area contributed by atoms with Crippen LogP contribution in [0.4, 0.5) is 0 Å². The highest BCUT2D eigenvalue weighted by molar-refractivity contribution is 5.40. The van der Waals surface area contributed by atoms with Gasteiger partial charge in [-0.15, -0.1) is 0 Å². The third kappa shape index (κ3) is 3.39. The summed E-state index contributed by atoms with van der Waals surface area (Å²) in [7, 11) is 3.30. The molecule has 0 unspecified atom stereocenters. The van der Waals surface area contributed by atoms with Gasteiger partial charge in [-0.2, -0.15) is 5.10 Å². The van der Waals surface area contributed by atoms with Crippen LogP contribution >= 0.6 is 0 Å². The lowest BCUT2D eigenvalue weighted by Crippen LogP contribution is -2.13. The maximum absolute atomic E-state index is 5.36. The molecule has 20 heavy (non-hydrogen) atoms. The molecular formula is C15H19N3O2. The van der Waals surface area contributed by atoms with Gasteiger partial charge in [0.05, 0.1) is 20.4 Å². The highest BCUT2D eigenvalue weighted by Gasteiger charge is 2.05. The Bertz CT molecular complexity index is 578. The van der Waals surface area contributed by atoms with Gasteiger partial charge in [-0.25, -0.2) is 4.68 Å². The Morgan fingerprint density at radius 3 is 2.80 bits per heavy atom. The van der Waals surface area contributed by atoms with Crippen LogP contribution in [0.5, 0.6) is 11.5 Å². The van der Waals surface area contributed by atoms with E-state index in [1.807, 2.05) is 30.6 Å². The van der Waals surface area contributed by atoms with E-state index in [-0.39, 0.29) is 0 Å². The van der Waals surface area contributed by atoms with Crippen molar-refractivity contribution in [1.29, 1.82) is 0 Å². The van der Waals surface area contributed by atoms with Crippen LogP contribution < -0.4 is 14.8 Å². The molecule has 1 N–H and O–H groups in total. The van der Waals surface area contributed by atoms with Gasteiger partial charge < -0.3 is 14.8 Å². The molecule has 0 atom stereocenters. The van der Waals surface area contributed by atoms with E-state index in [0.29, 0.717) is 6.54 Å². The Morgan fingerprint density at radius 1 is 1.30 bits per heavy atom. The molecule has 5 nitrogen and oxygen atoms in total. The Hall–Kier alpha value is -2.27. The third-order valence-corrected chi connectivity index (χ3v) is 2.98. The van der Waals surface area contributed by atoms with Crippen LogP contribution in [0, 0.1) is 0 Å². The molecule has 0 saturated heterocycles. The molecule has 1 aromatic carbocycles. The number of methoxy groups -OCH3 is 2. The first-order valence-electron chi connectivity index (χ1n) is 6.34. The highest BCUT2D eigenvalue weighted by Crippen LogP contribution is 2.24. The van der Waals surface area contributed by atoms with Crippen molar-refractivity contribution in [2.75, 3.05) is 14.2 Å². The van der Waals surface area contributed by atoms with Crippen molar-refractivity contribution in [2.45, 2.75) is 13.1 Å². The fraction of sp³-hybridized carbons (Fsp3) is 0.267. The molecule has 2 aromatic rings. The minimum absolute atomic E-state index is 0.715. The summed E-state index contributed by atoms with van der Waals surface area (Å²) in [5, 5.41) is 7.49. The summed E-state index contributed by atoms with van der Waals surface area (Å²) in [4.78, 5) is 0. The van der Waals surface area contributed by atoms with Crippen molar-refractivity contribution < 1.29 is 9.47 Å². The molecule has 0 aliphatic carbocycles. The lowest BCUT2D eigenvalue weighted by molar-refractivity contribution is 0.390. The van der Waals surface area contributed by atoms with Gasteiger partial charge in [0.2, 0.25) is 0 Å². The highest BCUT2D eigenvalue weighted by atomic mass is 16.5. The van der Waals surface area contributed by atoms with E-state index in [1.54, 1.807) is 25.1 Å². The van der Waals surface area contributed by atoms with E-state index in [0.717, 1.165) is 29.2 Å². The molecule has 2 rings (SSSR count). The number of nitrogens with zero attached hydrogens (tertiary/aromatic N) is 2. The number of hydrogen-bond donors (Lipinski definition) is 1. The smallest absolute Gasteiger partial charge is 0.127 e. The van der Waals surface area contributed by atoms with Gasteiger partial charge in [-0.3, -0.25) is 0 Å². The molecule has 0 spiro atoms. The molecule has 0 saturated carbocycles. The molecule has 5 heteroatoms. The van der Waals surface area contributed by atoms with Crippen LogP contribution in [0.3, 0.4) is 0 Å². The quantitative estimate of drug-likeness (QED) is 0.841. The average molecular weight is 273 g/mol. The molecule has 0 aliphatic rings. The summed E-state index contributed by atoms with van der Waals surface area (Å²) < 4.78 is 12.2. The van der Waals surface area contributed by atoms with Crippen LogP contribution in [0.2, 0.25) is 0 Å². The number of hydrogen-bond acceptors (Lipinski definition) is 4. The van der Waals surface area contributed by atoms with Crippen LogP contribution in [0.25, 0.3) is 6.20 Å². The van der Waals surface area contributed by atoms with Crippen LogP contribution in [-0.4, -0.2) is 24.0 Å². The zero-order chi connectivity index (χ0) is 14.4. The fourth-order valence-electron chi connectivity index (χ4n) is 1.91. The maximum Gasteiger partial charge on any atom is 0.127 e. The van der Waals surface area contributed by atoms with Crippen molar-refractivity contribution in [3.63, 3.8) is 0 Å². The summed E-state index contributed by atoms with van der Waals surface area (Å²) in [6.45, 7) is 5.12. The SMILES string of the molecule is C=Cn1cc(CNCc2ccc(OC)cc2OC)cn1. The fourth-order valence-corrected chi connectivity index (χ4v) is 1.91. The van der Waals surface area contributed by atoms with Crippen molar-refractivity contribution in [1.82, 2.24) is 15.1 Å². The monoisotopic (exact) mass is 273 g/mol. The molecule has 0 amide bonds. The minimum atomic E-state index is 0.715. The molecule has 1 heterocycles. The zero-order valence-electron chi connectivity index (χ0n) is 11.8. The number of benzene rings is 1. The van der Waals surface area contributed by atoms with E-state index in [2.05, 4.69) is 17.0 Å². The second-order valence-electron chi connectivity index (χ2n) is 4.29. The van der Waals surface area contributed by atoms with Gasteiger partial charge in [-0.1, -0.05) is 12.6 Å². The topological polar surface area (TPSA) is 48.3 Å². The van der Waals surface area contributed by atoms with Crippen molar-refractivity contribution in [3.8, 4) is 11.5 Å². The Balaban J connectivity index is 1.94. The predicted molar refractivity (Wildman–Crippen MR) is 78.7 cm³/mol.